The van der Waals surface area contributed by atoms with Crippen LogP contribution in [0.5, 0.6) is 0 Å². The van der Waals surface area contributed by atoms with Gasteiger partial charge >= 0.3 is 0 Å². The lowest BCUT2D eigenvalue weighted by molar-refractivity contribution is -0.129. The molecule has 0 saturated carbocycles. The van der Waals surface area contributed by atoms with E-state index in [9.17, 15) is 4.79 Å². The van der Waals surface area contributed by atoms with E-state index in [-0.39, 0.29) is 6.10 Å². The third-order valence-corrected chi connectivity index (χ3v) is 3.30. The van der Waals surface area contributed by atoms with E-state index in [4.69, 9.17) is 4.74 Å². The van der Waals surface area contributed by atoms with Crippen molar-refractivity contribution in [2.45, 2.75) is 25.9 Å². The van der Waals surface area contributed by atoms with Crippen LogP contribution in [0.3, 0.4) is 0 Å². The Morgan fingerprint density at radius 1 is 1.60 bits per heavy atom. The number of hydrogen-bond acceptors (Lipinski definition) is 3. The Hall–Kier alpha value is -0.610. The summed E-state index contributed by atoms with van der Waals surface area (Å²) in [7, 11) is 0. The molecule has 2 rings (SSSR count). The number of nitrogens with zero attached hydrogens (tertiary/aromatic N) is 1. The number of morpholine rings is 1. The number of carbonyl (C=O) groups is 1. The molecule has 0 aromatic rings. The van der Waals surface area contributed by atoms with Gasteiger partial charge in [-0.3, -0.25) is 4.79 Å². The second-order valence-electron chi connectivity index (χ2n) is 4.47. The molecule has 2 heterocycles. The molecule has 2 unspecified atom stereocenters. The van der Waals surface area contributed by atoms with Gasteiger partial charge in [0, 0.05) is 32.6 Å². The molecule has 2 saturated heterocycles. The molecule has 86 valence electrons. The maximum atomic E-state index is 11.7. The Kier molecular flexibility index (Phi) is 3.59. The number of amides is 1. The van der Waals surface area contributed by atoms with E-state index in [0.29, 0.717) is 11.8 Å². The normalized spacial score (nSPS) is 32.3. The van der Waals surface area contributed by atoms with Gasteiger partial charge in [0.05, 0.1) is 12.7 Å². The van der Waals surface area contributed by atoms with E-state index >= 15 is 0 Å². The van der Waals surface area contributed by atoms with Gasteiger partial charge in [0.1, 0.15) is 0 Å². The zero-order chi connectivity index (χ0) is 10.7. The van der Waals surface area contributed by atoms with Crippen molar-refractivity contribution in [2.75, 3.05) is 32.8 Å². The Balaban J connectivity index is 1.81. The van der Waals surface area contributed by atoms with Crippen LogP contribution in [-0.2, 0) is 9.53 Å². The van der Waals surface area contributed by atoms with Crippen LogP contribution in [0.2, 0.25) is 0 Å². The second kappa shape index (κ2) is 4.94. The van der Waals surface area contributed by atoms with Gasteiger partial charge in [-0.15, -0.1) is 0 Å². The molecule has 4 nitrogen and oxygen atoms in total. The monoisotopic (exact) mass is 212 g/mol. The van der Waals surface area contributed by atoms with Crippen LogP contribution < -0.4 is 5.32 Å². The Bertz CT molecular complexity index is 227. The topological polar surface area (TPSA) is 41.6 Å². The summed E-state index contributed by atoms with van der Waals surface area (Å²) in [5, 5.41) is 3.29. The number of carbonyl (C=O) groups excluding carboxylic acids is 1. The lowest BCUT2D eigenvalue weighted by Crippen LogP contribution is -2.45. The Morgan fingerprint density at radius 3 is 3.07 bits per heavy atom. The number of rotatable bonds is 3. The van der Waals surface area contributed by atoms with Crippen LogP contribution in [-0.4, -0.2) is 49.7 Å². The van der Waals surface area contributed by atoms with Crippen molar-refractivity contribution in [2.24, 2.45) is 5.92 Å². The summed E-state index contributed by atoms with van der Waals surface area (Å²) in [5.41, 5.74) is 0. The Labute approximate surface area is 91.0 Å². The standard InChI is InChI=1S/C11H20N2O2/c1-2-9-5-11(14)13(7-9)8-10-6-12-3-4-15-10/h9-10,12H,2-8H2,1H3. The van der Waals surface area contributed by atoms with Crippen molar-refractivity contribution >= 4 is 5.91 Å². The minimum atomic E-state index is 0.193. The van der Waals surface area contributed by atoms with E-state index < -0.39 is 0 Å². The first-order valence-corrected chi connectivity index (χ1v) is 5.89. The van der Waals surface area contributed by atoms with Crippen LogP contribution in [0.15, 0.2) is 0 Å². The predicted octanol–water partition coefficient (Wildman–Crippen LogP) is 0.233. The SMILES string of the molecule is CCC1CC(=O)N(CC2CNCCO2)C1. The average molecular weight is 212 g/mol. The third kappa shape index (κ3) is 2.69. The summed E-state index contributed by atoms with van der Waals surface area (Å²) < 4.78 is 5.60. The van der Waals surface area contributed by atoms with Gasteiger partial charge in [0.2, 0.25) is 5.91 Å². The van der Waals surface area contributed by atoms with E-state index in [1.165, 1.54) is 0 Å². The second-order valence-corrected chi connectivity index (χ2v) is 4.47. The molecular weight excluding hydrogens is 192 g/mol. The molecule has 4 heteroatoms. The fourth-order valence-electron chi connectivity index (χ4n) is 2.29. The quantitative estimate of drug-likeness (QED) is 0.728. The van der Waals surface area contributed by atoms with Gasteiger partial charge in [-0.05, 0) is 5.92 Å². The van der Waals surface area contributed by atoms with Crippen molar-refractivity contribution in [3.05, 3.63) is 0 Å². The molecule has 1 amide bonds. The van der Waals surface area contributed by atoms with Crippen LogP contribution in [0.4, 0.5) is 0 Å². The van der Waals surface area contributed by atoms with E-state index in [1.807, 2.05) is 4.90 Å². The Morgan fingerprint density at radius 2 is 2.47 bits per heavy atom. The average Bonchev–Trinajstić information content (AvgIpc) is 2.61. The van der Waals surface area contributed by atoms with Crippen molar-refractivity contribution in [3.63, 3.8) is 0 Å². The molecule has 0 bridgehead atoms. The highest BCUT2D eigenvalue weighted by molar-refractivity contribution is 5.78. The van der Waals surface area contributed by atoms with Gasteiger partial charge in [0.25, 0.3) is 0 Å². The summed E-state index contributed by atoms with van der Waals surface area (Å²) in [5.74, 6) is 0.866. The molecular formula is C11H20N2O2. The van der Waals surface area contributed by atoms with Gasteiger partial charge in [0.15, 0.2) is 0 Å². The zero-order valence-electron chi connectivity index (χ0n) is 9.37. The predicted molar refractivity (Wildman–Crippen MR) is 57.6 cm³/mol. The molecule has 2 aliphatic heterocycles. The highest BCUT2D eigenvalue weighted by Crippen LogP contribution is 2.20. The fraction of sp³-hybridized carbons (Fsp3) is 0.909. The first-order chi connectivity index (χ1) is 7.29. The molecule has 2 atom stereocenters. The number of likely N-dealkylation sites (tertiary alicyclic amines) is 1. The highest BCUT2D eigenvalue weighted by Gasteiger charge is 2.30. The summed E-state index contributed by atoms with van der Waals surface area (Å²) >= 11 is 0. The van der Waals surface area contributed by atoms with Gasteiger partial charge < -0.3 is 15.0 Å². The minimum absolute atomic E-state index is 0.193. The van der Waals surface area contributed by atoms with Gasteiger partial charge in [-0.1, -0.05) is 13.3 Å². The summed E-state index contributed by atoms with van der Waals surface area (Å²) in [4.78, 5) is 13.6. The van der Waals surface area contributed by atoms with Crippen molar-refractivity contribution in [1.82, 2.24) is 10.2 Å². The molecule has 0 aromatic carbocycles. The van der Waals surface area contributed by atoms with Gasteiger partial charge in [-0.2, -0.15) is 0 Å². The van der Waals surface area contributed by atoms with Crippen LogP contribution in [0, 0.1) is 5.92 Å². The number of nitrogens with one attached hydrogen (secondary N) is 1. The highest BCUT2D eigenvalue weighted by atomic mass is 16.5. The van der Waals surface area contributed by atoms with Crippen LogP contribution in [0.1, 0.15) is 19.8 Å². The molecule has 0 aliphatic carbocycles. The number of hydrogen-bond donors (Lipinski definition) is 1. The maximum Gasteiger partial charge on any atom is 0.223 e. The first-order valence-electron chi connectivity index (χ1n) is 5.89. The smallest absolute Gasteiger partial charge is 0.223 e. The molecule has 15 heavy (non-hydrogen) atoms. The van der Waals surface area contributed by atoms with Crippen molar-refractivity contribution < 1.29 is 9.53 Å². The summed E-state index contributed by atoms with van der Waals surface area (Å²) in [6.07, 6.45) is 2.03. The van der Waals surface area contributed by atoms with Crippen LogP contribution >= 0.6 is 0 Å². The number of ether oxygens (including phenoxy) is 1. The third-order valence-electron chi connectivity index (χ3n) is 3.30. The molecule has 2 fully saturated rings. The molecule has 1 N–H and O–H groups in total. The van der Waals surface area contributed by atoms with Crippen LogP contribution in [0.25, 0.3) is 0 Å². The lowest BCUT2D eigenvalue weighted by atomic mass is 10.1. The van der Waals surface area contributed by atoms with Gasteiger partial charge in [-0.25, -0.2) is 0 Å². The lowest BCUT2D eigenvalue weighted by Gasteiger charge is -2.28. The van der Waals surface area contributed by atoms with Crippen molar-refractivity contribution in [1.29, 1.82) is 0 Å². The molecule has 0 spiro atoms. The molecule has 0 radical (unpaired) electrons. The first kappa shape index (κ1) is 10.9. The fourth-order valence-corrected chi connectivity index (χ4v) is 2.29. The maximum absolute atomic E-state index is 11.7. The zero-order valence-corrected chi connectivity index (χ0v) is 9.37. The van der Waals surface area contributed by atoms with E-state index in [1.54, 1.807) is 0 Å². The minimum Gasteiger partial charge on any atom is -0.374 e. The summed E-state index contributed by atoms with van der Waals surface area (Å²) in [6, 6.07) is 0. The van der Waals surface area contributed by atoms with Crippen molar-refractivity contribution in [3.8, 4) is 0 Å². The molecule has 0 aromatic heterocycles. The van der Waals surface area contributed by atoms with E-state index in [0.717, 1.165) is 45.6 Å². The summed E-state index contributed by atoms with van der Waals surface area (Å²) in [6.45, 7) is 6.42. The van der Waals surface area contributed by atoms with E-state index in [2.05, 4.69) is 12.2 Å². The molecule has 2 aliphatic rings. The largest absolute Gasteiger partial charge is 0.374 e.